The van der Waals surface area contributed by atoms with Crippen LogP contribution in [-0.2, 0) is 7.05 Å². The number of aryl methyl sites for hydroxylation is 2. The SMILES string of the molecule is Cc1cc(C2CCCN2)n(C)n1. The van der Waals surface area contributed by atoms with Gasteiger partial charge in [-0.1, -0.05) is 0 Å². The lowest BCUT2D eigenvalue weighted by atomic mass is 10.1. The number of aromatic nitrogens is 2. The average Bonchev–Trinajstić information content (AvgIpc) is 2.58. The van der Waals surface area contributed by atoms with Crippen molar-refractivity contribution in [3.63, 3.8) is 0 Å². The first-order valence-corrected chi connectivity index (χ1v) is 4.51. The maximum absolute atomic E-state index is 4.33. The quantitative estimate of drug-likeness (QED) is 0.676. The van der Waals surface area contributed by atoms with Gasteiger partial charge < -0.3 is 5.32 Å². The van der Waals surface area contributed by atoms with E-state index in [-0.39, 0.29) is 0 Å². The third-order valence-electron chi connectivity index (χ3n) is 2.46. The molecule has 12 heavy (non-hydrogen) atoms. The lowest BCUT2D eigenvalue weighted by molar-refractivity contribution is 0.573. The van der Waals surface area contributed by atoms with Crippen molar-refractivity contribution in [1.82, 2.24) is 15.1 Å². The summed E-state index contributed by atoms with van der Waals surface area (Å²) in [5, 5.41) is 7.80. The van der Waals surface area contributed by atoms with Gasteiger partial charge in [0, 0.05) is 13.1 Å². The molecule has 1 aromatic heterocycles. The van der Waals surface area contributed by atoms with Crippen LogP contribution in [0.4, 0.5) is 0 Å². The Morgan fingerprint density at radius 3 is 3.00 bits per heavy atom. The highest BCUT2D eigenvalue weighted by Crippen LogP contribution is 2.22. The van der Waals surface area contributed by atoms with Crippen molar-refractivity contribution in [2.24, 2.45) is 7.05 Å². The van der Waals surface area contributed by atoms with Crippen LogP contribution >= 0.6 is 0 Å². The van der Waals surface area contributed by atoms with E-state index in [0.717, 1.165) is 12.2 Å². The Bertz CT molecular complexity index is 271. The Morgan fingerprint density at radius 1 is 1.67 bits per heavy atom. The van der Waals surface area contributed by atoms with E-state index in [1.807, 2.05) is 18.7 Å². The molecule has 3 heteroatoms. The fraction of sp³-hybridized carbons (Fsp3) is 0.667. The van der Waals surface area contributed by atoms with Crippen LogP contribution in [0.3, 0.4) is 0 Å². The second-order valence-corrected chi connectivity index (χ2v) is 3.48. The molecule has 2 heterocycles. The summed E-state index contributed by atoms with van der Waals surface area (Å²) in [7, 11) is 2.02. The van der Waals surface area contributed by atoms with E-state index in [2.05, 4.69) is 16.5 Å². The zero-order valence-corrected chi connectivity index (χ0v) is 7.67. The van der Waals surface area contributed by atoms with Gasteiger partial charge in [0.25, 0.3) is 0 Å². The fourth-order valence-corrected chi connectivity index (χ4v) is 1.89. The minimum Gasteiger partial charge on any atom is -0.309 e. The number of nitrogens with one attached hydrogen (secondary N) is 1. The lowest BCUT2D eigenvalue weighted by Gasteiger charge is -2.09. The van der Waals surface area contributed by atoms with Crippen LogP contribution in [0.2, 0.25) is 0 Å². The van der Waals surface area contributed by atoms with Gasteiger partial charge in [-0.3, -0.25) is 4.68 Å². The van der Waals surface area contributed by atoms with Crippen molar-refractivity contribution in [3.05, 3.63) is 17.5 Å². The first-order chi connectivity index (χ1) is 5.77. The second kappa shape index (κ2) is 2.90. The monoisotopic (exact) mass is 165 g/mol. The zero-order valence-electron chi connectivity index (χ0n) is 7.67. The molecule has 0 bridgehead atoms. The number of hydrogen-bond donors (Lipinski definition) is 1. The summed E-state index contributed by atoms with van der Waals surface area (Å²) < 4.78 is 1.98. The van der Waals surface area contributed by atoms with Crippen molar-refractivity contribution >= 4 is 0 Å². The predicted molar refractivity (Wildman–Crippen MR) is 47.9 cm³/mol. The van der Waals surface area contributed by atoms with E-state index >= 15 is 0 Å². The van der Waals surface area contributed by atoms with Crippen LogP contribution in [0.25, 0.3) is 0 Å². The number of rotatable bonds is 1. The second-order valence-electron chi connectivity index (χ2n) is 3.48. The molecule has 0 spiro atoms. The lowest BCUT2D eigenvalue weighted by Crippen LogP contribution is -2.16. The fourth-order valence-electron chi connectivity index (χ4n) is 1.89. The molecule has 0 aromatic carbocycles. The van der Waals surface area contributed by atoms with Gasteiger partial charge in [-0.25, -0.2) is 0 Å². The van der Waals surface area contributed by atoms with Crippen LogP contribution < -0.4 is 5.32 Å². The topological polar surface area (TPSA) is 29.9 Å². The highest BCUT2D eigenvalue weighted by atomic mass is 15.3. The van der Waals surface area contributed by atoms with E-state index in [1.165, 1.54) is 18.5 Å². The predicted octanol–water partition coefficient (Wildman–Crippen LogP) is 1.15. The van der Waals surface area contributed by atoms with E-state index in [0.29, 0.717) is 6.04 Å². The maximum Gasteiger partial charge on any atom is 0.0597 e. The van der Waals surface area contributed by atoms with Gasteiger partial charge in [0.1, 0.15) is 0 Å². The Hall–Kier alpha value is -0.830. The minimum atomic E-state index is 0.538. The molecule has 1 aromatic rings. The van der Waals surface area contributed by atoms with E-state index < -0.39 is 0 Å². The number of hydrogen-bond acceptors (Lipinski definition) is 2. The highest BCUT2D eigenvalue weighted by molar-refractivity contribution is 5.13. The summed E-state index contributed by atoms with van der Waals surface area (Å²) in [6, 6.07) is 2.71. The summed E-state index contributed by atoms with van der Waals surface area (Å²) in [5.74, 6) is 0. The van der Waals surface area contributed by atoms with Crippen molar-refractivity contribution in [1.29, 1.82) is 0 Å². The molecule has 0 aliphatic carbocycles. The van der Waals surface area contributed by atoms with Gasteiger partial charge in [-0.05, 0) is 32.4 Å². The van der Waals surface area contributed by atoms with E-state index in [9.17, 15) is 0 Å². The Kier molecular flexibility index (Phi) is 1.89. The molecule has 0 radical (unpaired) electrons. The van der Waals surface area contributed by atoms with Gasteiger partial charge in [0.15, 0.2) is 0 Å². The van der Waals surface area contributed by atoms with Crippen LogP contribution in [0.1, 0.15) is 30.3 Å². The van der Waals surface area contributed by atoms with Crippen LogP contribution in [0.5, 0.6) is 0 Å². The summed E-state index contributed by atoms with van der Waals surface area (Å²) >= 11 is 0. The first kappa shape index (κ1) is 7.80. The summed E-state index contributed by atoms with van der Waals surface area (Å²) in [5.41, 5.74) is 2.44. The third kappa shape index (κ3) is 1.25. The molecule has 1 unspecified atom stereocenters. The summed E-state index contributed by atoms with van der Waals surface area (Å²) in [4.78, 5) is 0. The molecule has 1 fully saturated rings. The van der Waals surface area contributed by atoms with E-state index in [4.69, 9.17) is 0 Å². The van der Waals surface area contributed by atoms with Gasteiger partial charge >= 0.3 is 0 Å². The van der Waals surface area contributed by atoms with Gasteiger partial charge in [-0.2, -0.15) is 5.10 Å². The zero-order chi connectivity index (χ0) is 8.55. The van der Waals surface area contributed by atoms with Crippen molar-refractivity contribution in [2.45, 2.75) is 25.8 Å². The largest absolute Gasteiger partial charge is 0.309 e. The molecular formula is C9H15N3. The van der Waals surface area contributed by atoms with Crippen molar-refractivity contribution in [2.75, 3.05) is 6.54 Å². The Morgan fingerprint density at radius 2 is 2.50 bits per heavy atom. The Labute approximate surface area is 72.8 Å². The molecular weight excluding hydrogens is 150 g/mol. The molecule has 1 aliphatic rings. The molecule has 1 N–H and O–H groups in total. The molecule has 1 aliphatic heterocycles. The molecule has 1 atom stereocenters. The molecule has 0 saturated carbocycles. The normalized spacial score (nSPS) is 23.3. The van der Waals surface area contributed by atoms with Crippen LogP contribution in [-0.4, -0.2) is 16.3 Å². The first-order valence-electron chi connectivity index (χ1n) is 4.51. The molecule has 1 saturated heterocycles. The standard InChI is InChI=1S/C9H15N3/c1-7-6-9(12(2)11-7)8-4-3-5-10-8/h6,8,10H,3-5H2,1-2H3. The van der Waals surface area contributed by atoms with Crippen molar-refractivity contribution in [3.8, 4) is 0 Å². The molecule has 66 valence electrons. The minimum absolute atomic E-state index is 0.538. The highest BCUT2D eigenvalue weighted by Gasteiger charge is 2.19. The number of nitrogens with zero attached hydrogens (tertiary/aromatic N) is 2. The van der Waals surface area contributed by atoms with E-state index in [1.54, 1.807) is 0 Å². The molecule has 3 nitrogen and oxygen atoms in total. The molecule has 2 rings (SSSR count). The average molecular weight is 165 g/mol. The van der Waals surface area contributed by atoms with Crippen molar-refractivity contribution < 1.29 is 0 Å². The van der Waals surface area contributed by atoms with Crippen LogP contribution in [0, 0.1) is 6.92 Å². The maximum atomic E-state index is 4.33. The van der Waals surface area contributed by atoms with Gasteiger partial charge in [0.05, 0.1) is 11.4 Å². The van der Waals surface area contributed by atoms with Gasteiger partial charge in [-0.15, -0.1) is 0 Å². The Balaban J connectivity index is 2.25. The van der Waals surface area contributed by atoms with Gasteiger partial charge in [0.2, 0.25) is 0 Å². The third-order valence-corrected chi connectivity index (χ3v) is 2.46. The summed E-state index contributed by atoms with van der Waals surface area (Å²) in [6.45, 7) is 3.19. The molecule has 0 amide bonds. The van der Waals surface area contributed by atoms with Crippen LogP contribution in [0.15, 0.2) is 6.07 Å². The summed E-state index contributed by atoms with van der Waals surface area (Å²) in [6.07, 6.45) is 2.54. The smallest absolute Gasteiger partial charge is 0.0597 e.